The van der Waals surface area contributed by atoms with Gasteiger partial charge in [0.05, 0.1) is 19.3 Å². The predicted molar refractivity (Wildman–Crippen MR) is 39.8 cm³/mol. The van der Waals surface area contributed by atoms with Gasteiger partial charge in [-0.3, -0.25) is 0 Å². The molecule has 60 valence electrons. The minimum atomic E-state index is 0.154. The van der Waals surface area contributed by atoms with Crippen LogP contribution in [-0.4, -0.2) is 24.4 Å². The molecule has 1 aliphatic carbocycles. The van der Waals surface area contributed by atoms with E-state index in [1.807, 2.05) is 0 Å². The van der Waals surface area contributed by atoms with Gasteiger partial charge in [-0.15, -0.1) is 0 Å². The van der Waals surface area contributed by atoms with E-state index in [1.54, 1.807) is 0 Å². The van der Waals surface area contributed by atoms with Gasteiger partial charge in [-0.2, -0.15) is 0 Å². The van der Waals surface area contributed by atoms with E-state index in [4.69, 9.17) is 9.84 Å². The van der Waals surface area contributed by atoms with Crippen molar-refractivity contribution >= 4 is 0 Å². The summed E-state index contributed by atoms with van der Waals surface area (Å²) in [6.07, 6.45) is 1.64. The van der Waals surface area contributed by atoms with E-state index in [1.165, 1.54) is 6.42 Å². The van der Waals surface area contributed by atoms with Crippen molar-refractivity contribution in [2.24, 2.45) is 11.8 Å². The molecule has 0 aromatic rings. The van der Waals surface area contributed by atoms with E-state index in [9.17, 15) is 0 Å². The van der Waals surface area contributed by atoms with E-state index in [0.29, 0.717) is 12.7 Å². The van der Waals surface area contributed by atoms with Crippen LogP contribution >= 0.6 is 0 Å². The van der Waals surface area contributed by atoms with Crippen molar-refractivity contribution in [3.8, 4) is 0 Å². The predicted octanol–water partition coefficient (Wildman–Crippen LogP) is 1.04. The molecule has 0 unspecified atom stereocenters. The average Bonchev–Trinajstić information content (AvgIpc) is 2.62. The molecule has 0 radical (unpaired) electrons. The second-order valence-electron chi connectivity index (χ2n) is 3.28. The Morgan fingerprint density at radius 2 is 2.30 bits per heavy atom. The standard InChI is InChI=1S/C8H16O2/c1-6(2)7-5-8(7)10-4-3-9/h6-9H,3-5H2,1-2H3/t7-,8+/m1/s1. The summed E-state index contributed by atoms with van der Waals surface area (Å²) in [5, 5.41) is 8.44. The molecule has 1 rings (SSSR count). The van der Waals surface area contributed by atoms with Crippen LogP contribution in [0.3, 0.4) is 0 Å². The quantitative estimate of drug-likeness (QED) is 0.638. The lowest BCUT2D eigenvalue weighted by molar-refractivity contribution is 0.0691. The third kappa shape index (κ3) is 1.96. The van der Waals surface area contributed by atoms with Gasteiger partial charge < -0.3 is 9.84 Å². The number of aliphatic hydroxyl groups excluding tert-OH is 1. The van der Waals surface area contributed by atoms with Crippen LogP contribution in [0.25, 0.3) is 0 Å². The molecule has 0 aromatic carbocycles. The van der Waals surface area contributed by atoms with Crippen LogP contribution in [0.1, 0.15) is 20.3 Å². The zero-order valence-electron chi connectivity index (χ0n) is 6.71. The molecule has 1 fully saturated rings. The second kappa shape index (κ2) is 3.35. The van der Waals surface area contributed by atoms with Crippen LogP contribution in [0.4, 0.5) is 0 Å². The summed E-state index contributed by atoms with van der Waals surface area (Å²) >= 11 is 0. The average molecular weight is 144 g/mol. The molecule has 0 saturated heterocycles. The highest BCUT2D eigenvalue weighted by atomic mass is 16.5. The first-order valence-corrected chi connectivity index (χ1v) is 3.98. The van der Waals surface area contributed by atoms with Crippen molar-refractivity contribution in [3.63, 3.8) is 0 Å². The molecule has 1 aliphatic rings. The van der Waals surface area contributed by atoms with Crippen molar-refractivity contribution in [2.75, 3.05) is 13.2 Å². The molecular weight excluding hydrogens is 128 g/mol. The minimum Gasteiger partial charge on any atom is -0.394 e. The van der Waals surface area contributed by atoms with E-state index in [0.717, 1.165) is 11.8 Å². The van der Waals surface area contributed by atoms with Crippen molar-refractivity contribution in [1.82, 2.24) is 0 Å². The fourth-order valence-electron chi connectivity index (χ4n) is 1.29. The van der Waals surface area contributed by atoms with Gasteiger partial charge in [-0.05, 0) is 18.3 Å². The number of hydrogen-bond donors (Lipinski definition) is 1. The zero-order chi connectivity index (χ0) is 7.56. The molecule has 10 heavy (non-hydrogen) atoms. The first kappa shape index (κ1) is 8.02. The summed E-state index contributed by atoms with van der Waals surface area (Å²) in [4.78, 5) is 0. The molecule has 0 heterocycles. The topological polar surface area (TPSA) is 29.5 Å². The molecule has 0 spiro atoms. The largest absolute Gasteiger partial charge is 0.394 e. The van der Waals surface area contributed by atoms with Crippen molar-refractivity contribution in [2.45, 2.75) is 26.4 Å². The molecule has 0 bridgehead atoms. The molecule has 2 nitrogen and oxygen atoms in total. The molecule has 1 N–H and O–H groups in total. The van der Waals surface area contributed by atoms with Crippen LogP contribution in [0, 0.1) is 11.8 Å². The van der Waals surface area contributed by atoms with E-state index in [2.05, 4.69) is 13.8 Å². The molecule has 0 amide bonds. The summed E-state index contributed by atoms with van der Waals surface area (Å²) in [5.74, 6) is 1.50. The highest BCUT2D eigenvalue weighted by Crippen LogP contribution is 2.39. The Balaban J connectivity index is 2.02. The van der Waals surface area contributed by atoms with Crippen LogP contribution in [0.15, 0.2) is 0 Å². The van der Waals surface area contributed by atoms with Crippen LogP contribution in [0.5, 0.6) is 0 Å². The zero-order valence-corrected chi connectivity index (χ0v) is 6.71. The van der Waals surface area contributed by atoms with Crippen LogP contribution in [0.2, 0.25) is 0 Å². The smallest absolute Gasteiger partial charge is 0.0701 e. The Bertz CT molecular complexity index is 101. The van der Waals surface area contributed by atoms with Crippen LogP contribution in [-0.2, 0) is 4.74 Å². The summed E-state index contributed by atoms with van der Waals surface area (Å²) in [6.45, 7) is 5.09. The van der Waals surface area contributed by atoms with Crippen molar-refractivity contribution in [1.29, 1.82) is 0 Å². The summed E-state index contributed by atoms with van der Waals surface area (Å²) in [7, 11) is 0. The highest BCUT2D eigenvalue weighted by molar-refractivity contribution is 4.89. The molecular formula is C8H16O2. The number of aliphatic hydroxyl groups is 1. The van der Waals surface area contributed by atoms with Crippen molar-refractivity contribution in [3.05, 3.63) is 0 Å². The third-order valence-electron chi connectivity index (χ3n) is 2.06. The van der Waals surface area contributed by atoms with Gasteiger partial charge in [0, 0.05) is 0 Å². The molecule has 1 saturated carbocycles. The van der Waals surface area contributed by atoms with Crippen molar-refractivity contribution < 1.29 is 9.84 Å². The van der Waals surface area contributed by atoms with Gasteiger partial charge in [0.15, 0.2) is 0 Å². The first-order chi connectivity index (χ1) is 4.75. The molecule has 0 aliphatic heterocycles. The van der Waals surface area contributed by atoms with Gasteiger partial charge in [0.25, 0.3) is 0 Å². The normalized spacial score (nSPS) is 31.2. The number of hydrogen-bond acceptors (Lipinski definition) is 2. The third-order valence-corrected chi connectivity index (χ3v) is 2.06. The fourth-order valence-corrected chi connectivity index (χ4v) is 1.29. The van der Waals surface area contributed by atoms with Gasteiger partial charge in [0.1, 0.15) is 0 Å². The lowest BCUT2D eigenvalue weighted by Gasteiger charge is -2.02. The fraction of sp³-hybridized carbons (Fsp3) is 1.00. The lowest BCUT2D eigenvalue weighted by Crippen LogP contribution is -2.05. The Morgan fingerprint density at radius 1 is 1.60 bits per heavy atom. The molecule has 0 aromatic heterocycles. The second-order valence-corrected chi connectivity index (χ2v) is 3.28. The molecule has 2 heteroatoms. The Hall–Kier alpha value is -0.0800. The van der Waals surface area contributed by atoms with Gasteiger partial charge >= 0.3 is 0 Å². The maximum Gasteiger partial charge on any atom is 0.0701 e. The SMILES string of the molecule is CC(C)[C@H]1C[C@@H]1OCCO. The Morgan fingerprint density at radius 3 is 2.70 bits per heavy atom. The lowest BCUT2D eigenvalue weighted by atomic mass is 10.1. The number of ether oxygens (including phenoxy) is 1. The summed E-state index contributed by atoms with van der Waals surface area (Å²) in [5.41, 5.74) is 0. The summed E-state index contributed by atoms with van der Waals surface area (Å²) < 4.78 is 5.33. The maximum absolute atomic E-state index is 8.44. The maximum atomic E-state index is 8.44. The Labute approximate surface area is 62.2 Å². The highest BCUT2D eigenvalue weighted by Gasteiger charge is 2.39. The van der Waals surface area contributed by atoms with Gasteiger partial charge in [0.2, 0.25) is 0 Å². The minimum absolute atomic E-state index is 0.154. The van der Waals surface area contributed by atoms with Gasteiger partial charge in [-0.1, -0.05) is 13.8 Å². The van der Waals surface area contributed by atoms with E-state index in [-0.39, 0.29) is 6.61 Å². The Kier molecular flexibility index (Phi) is 2.69. The van der Waals surface area contributed by atoms with Crippen LogP contribution < -0.4 is 0 Å². The monoisotopic (exact) mass is 144 g/mol. The van der Waals surface area contributed by atoms with E-state index >= 15 is 0 Å². The number of rotatable bonds is 4. The van der Waals surface area contributed by atoms with E-state index < -0.39 is 0 Å². The first-order valence-electron chi connectivity index (χ1n) is 3.98. The van der Waals surface area contributed by atoms with Gasteiger partial charge in [-0.25, -0.2) is 0 Å². The molecule has 2 atom stereocenters. The summed E-state index contributed by atoms with van der Waals surface area (Å²) in [6, 6.07) is 0.